The van der Waals surface area contributed by atoms with Crippen LogP contribution in [0.1, 0.15) is 30.7 Å². The normalized spacial score (nSPS) is 19.1. The second-order valence-corrected chi connectivity index (χ2v) is 8.71. The van der Waals surface area contributed by atoms with E-state index in [-0.39, 0.29) is 22.5 Å². The highest BCUT2D eigenvalue weighted by atomic mass is 16.3. The summed E-state index contributed by atoms with van der Waals surface area (Å²) in [5, 5.41) is 14.1. The van der Waals surface area contributed by atoms with Gasteiger partial charge in [-0.15, -0.1) is 0 Å². The van der Waals surface area contributed by atoms with E-state index in [1.165, 1.54) is 5.56 Å². The van der Waals surface area contributed by atoms with Gasteiger partial charge in [-0.05, 0) is 26.8 Å². The van der Waals surface area contributed by atoms with Gasteiger partial charge < -0.3 is 9.67 Å². The van der Waals surface area contributed by atoms with Crippen molar-refractivity contribution >= 4 is 33.7 Å². The van der Waals surface area contributed by atoms with Crippen molar-refractivity contribution in [3.63, 3.8) is 0 Å². The third kappa shape index (κ3) is 2.22. The van der Waals surface area contributed by atoms with Crippen LogP contribution in [0.4, 0.5) is 5.69 Å². The van der Waals surface area contributed by atoms with Gasteiger partial charge in [0.2, 0.25) is 5.69 Å². The van der Waals surface area contributed by atoms with Crippen LogP contribution in [-0.2, 0) is 17.3 Å². The van der Waals surface area contributed by atoms with E-state index in [0.717, 1.165) is 33.6 Å². The first-order chi connectivity index (χ1) is 14.2. The maximum Gasteiger partial charge on any atom is 0.209 e. The Kier molecular flexibility index (Phi) is 3.75. The first-order valence-corrected chi connectivity index (χ1v) is 10.2. The number of aromatic nitrogens is 1. The maximum atomic E-state index is 13.2. The van der Waals surface area contributed by atoms with Gasteiger partial charge >= 0.3 is 0 Å². The number of ketones is 1. The van der Waals surface area contributed by atoms with Crippen molar-refractivity contribution < 1.29 is 14.5 Å². The average Bonchev–Trinajstić information content (AvgIpc) is 3.10. The molecule has 2 heterocycles. The predicted molar refractivity (Wildman–Crippen MR) is 118 cm³/mol. The fourth-order valence-corrected chi connectivity index (χ4v) is 5.00. The number of benzene rings is 2. The number of Topliss-reactive ketones (excluding diaryl/α,β-unsaturated/α-hetero) is 1. The van der Waals surface area contributed by atoms with Crippen molar-refractivity contribution in [3.8, 4) is 0 Å². The molecule has 0 N–H and O–H groups in total. The van der Waals surface area contributed by atoms with Crippen molar-refractivity contribution in [2.45, 2.75) is 26.2 Å². The minimum atomic E-state index is -0.274. The number of nitrogens with zero attached hydrogens (tertiary/aromatic N) is 2. The van der Waals surface area contributed by atoms with Crippen molar-refractivity contribution in [2.24, 2.45) is 7.05 Å². The van der Waals surface area contributed by atoms with Crippen LogP contribution in [0, 0.1) is 6.92 Å². The van der Waals surface area contributed by atoms with Crippen LogP contribution in [0.2, 0.25) is 0 Å². The van der Waals surface area contributed by atoms with Crippen molar-refractivity contribution in [1.82, 2.24) is 4.57 Å². The van der Waals surface area contributed by atoms with E-state index in [1.807, 2.05) is 62.0 Å². The Morgan fingerprint density at radius 1 is 1.07 bits per heavy atom. The van der Waals surface area contributed by atoms with Gasteiger partial charge in [-0.2, -0.15) is 4.58 Å². The third-order valence-corrected chi connectivity index (χ3v) is 6.81. The lowest BCUT2D eigenvalue weighted by Gasteiger charge is -2.31. The van der Waals surface area contributed by atoms with Crippen LogP contribution in [0.25, 0.3) is 16.5 Å². The highest BCUT2D eigenvalue weighted by molar-refractivity contribution is 6.41. The first-order valence-electron chi connectivity index (χ1n) is 10.2. The third-order valence-electron chi connectivity index (χ3n) is 6.81. The Morgan fingerprint density at radius 3 is 2.43 bits per heavy atom. The molecule has 4 nitrogen and oxygen atoms in total. The number of rotatable bonds is 2. The van der Waals surface area contributed by atoms with Crippen LogP contribution in [-0.4, -0.2) is 27.7 Å². The van der Waals surface area contributed by atoms with Gasteiger partial charge in [0.1, 0.15) is 7.05 Å². The number of allylic oxidation sites excluding steroid dienone is 3. The smallest absolute Gasteiger partial charge is 0.209 e. The van der Waals surface area contributed by atoms with Crippen molar-refractivity contribution in [1.29, 1.82) is 0 Å². The Bertz CT molecular complexity index is 1360. The summed E-state index contributed by atoms with van der Waals surface area (Å²) in [4.78, 5) is 13.2. The zero-order valence-electron chi connectivity index (χ0n) is 17.9. The van der Waals surface area contributed by atoms with Crippen LogP contribution < -0.4 is 5.11 Å². The second-order valence-electron chi connectivity index (χ2n) is 8.71. The van der Waals surface area contributed by atoms with Crippen LogP contribution in [0.3, 0.4) is 0 Å². The summed E-state index contributed by atoms with van der Waals surface area (Å²) in [6, 6.07) is 16.1. The SMILES string of the molecule is Cc1c(C2=C([O-])/C(=C\C3=[N+](C)c4ccccc4C3(C)C)C2=O)c2ccccc2n1C. The first kappa shape index (κ1) is 18.6. The topological polar surface area (TPSA) is 48.1 Å². The highest BCUT2D eigenvalue weighted by Gasteiger charge is 2.44. The van der Waals surface area contributed by atoms with E-state index < -0.39 is 0 Å². The van der Waals surface area contributed by atoms with E-state index in [9.17, 15) is 9.90 Å². The molecular formula is C26H24N2O2. The molecule has 2 aromatic carbocycles. The fraction of sp³-hybridized carbons (Fsp3) is 0.231. The van der Waals surface area contributed by atoms with E-state index in [0.29, 0.717) is 5.57 Å². The molecule has 4 heteroatoms. The summed E-state index contributed by atoms with van der Waals surface area (Å²) in [5.41, 5.74) is 6.33. The molecule has 0 amide bonds. The molecule has 0 fully saturated rings. The maximum absolute atomic E-state index is 13.2. The van der Waals surface area contributed by atoms with Gasteiger partial charge in [-0.3, -0.25) is 4.79 Å². The van der Waals surface area contributed by atoms with Crippen molar-refractivity contribution in [3.05, 3.63) is 82.8 Å². The van der Waals surface area contributed by atoms with E-state index in [4.69, 9.17) is 0 Å². The molecule has 0 unspecified atom stereocenters. The Balaban J connectivity index is 1.66. The molecule has 30 heavy (non-hydrogen) atoms. The minimum absolute atomic E-state index is 0.160. The number of hydrogen-bond donors (Lipinski definition) is 0. The Morgan fingerprint density at radius 2 is 1.73 bits per heavy atom. The molecule has 0 radical (unpaired) electrons. The quantitative estimate of drug-likeness (QED) is 0.489. The summed E-state index contributed by atoms with van der Waals surface area (Å²) < 4.78 is 4.13. The lowest BCUT2D eigenvalue weighted by Crippen LogP contribution is -2.33. The number of hydrogen-bond acceptors (Lipinski definition) is 2. The molecular weight excluding hydrogens is 372 g/mol. The minimum Gasteiger partial charge on any atom is -0.871 e. The largest absolute Gasteiger partial charge is 0.871 e. The second kappa shape index (κ2) is 6.05. The molecule has 5 rings (SSSR count). The van der Waals surface area contributed by atoms with Crippen molar-refractivity contribution in [2.75, 3.05) is 7.05 Å². The van der Waals surface area contributed by atoms with Crippen LogP contribution in [0.5, 0.6) is 0 Å². The fourth-order valence-electron chi connectivity index (χ4n) is 5.00. The van der Waals surface area contributed by atoms with Gasteiger partial charge in [0, 0.05) is 58.1 Å². The summed E-state index contributed by atoms with van der Waals surface area (Å²) in [6.45, 7) is 6.23. The van der Waals surface area contributed by atoms with Crippen LogP contribution >= 0.6 is 0 Å². The summed E-state index contributed by atoms with van der Waals surface area (Å²) in [7, 11) is 3.96. The predicted octanol–water partition coefficient (Wildman–Crippen LogP) is 3.77. The molecule has 0 saturated carbocycles. The zero-order valence-corrected chi connectivity index (χ0v) is 17.9. The van der Waals surface area contributed by atoms with Crippen LogP contribution in [0.15, 0.2) is 65.9 Å². The summed E-state index contributed by atoms with van der Waals surface area (Å²) in [5.74, 6) is -0.320. The number of para-hydroxylation sites is 2. The van der Waals surface area contributed by atoms with E-state index in [2.05, 4.69) is 30.6 Å². The van der Waals surface area contributed by atoms with Gasteiger partial charge in [0.05, 0.1) is 5.41 Å². The van der Waals surface area contributed by atoms with E-state index in [1.54, 1.807) is 6.08 Å². The Hall–Kier alpha value is -3.40. The van der Waals surface area contributed by atoms with Gasteiger partial charge in [-0.25, -0.2) is 0 Å². The number of aryl methyl sites for hydroxylation is 1. The summed E-state index contributed by atoms with van der Waals surface area (Å²) in [6.07, 6.45) is 1.80. The van der Waals surface area contributed by atoms with Gasteiger partial charge in [-0.1, -0.05) is 42.2 Å². The number of fused-ring (bicyclic) bond motifs is 2. The molecule has 1 aliphatic heterocycles. The average molecular weight is 396 g/mol. The van der Waals surface area contributed by atoms with Gasteiger partial charge in [0.25, 0.3) is 0 Å². The lowest BCUT2D eigenvalue weighted by atomic mass is 9.77. The number of carbonyl (C=O) groups excluding carboxylic acids is 1. The highest BCUT2D eigenvalue weighted by Crippen LogP contribution is 2.43. The lowest BCUT2D eigenvalue weighted by molar-refractivity contribution is -0.401. The molecule has 0 spiro atoms. The molecule has 1 aliphatic carbocycles. The molecule has 0 saturated heterocycles. The molecule has 0 bridgehead atoms. The molecule has 1 aromatic heterocycles. The number of carbonyl (C=O) groups is 1. The monoisotopic (exact) mass is 396 g/mol. The Labute approximate surface area is 176 Å². The molecule has 150 valence electrons. The molecule has 3 aromatic rings. The standard InChI is InChI=1S/C26H24N2O2/c1-15-22(16-10-6-8-12-19(16)27(15)4)23-24(29)17(25(23)30)14-21-26(2,3)18-11-7-9-13-20(18)28(21)5/h6-14H,1-5H3. The van der Waals surface area contributed by atoms with Gasteiger partial charge in [0.15, 0.2) is 11.5 Å². The zero-order chi connectivity index (χ0) is 21.4. The van der Waals surface area contributed by atoms with E-state index >= 15 is 0 Å². The molecule has 0 atom stereocenters. The summed E-state index contributed by atoms with van der Waals surface area (Å²) >= 11 is 0. The molecule has 2 aliphatic rings.